The Kier molecular flexibility index (Phi) is 3.68. The number of nitrogens with zero attached hydrogens (tertiary/aromatic N) is 2. The number of alkyl halides is 1. The molecule has 4 heteroatoms. The minimum atomic E-state index is -0.228. The van der Waals surface area contributed by atoms with Crippen molar-refractivity contribution >= 4 is 22.6 Å². The van der Waals surface area contributed by atoms with Crippen LogP contribution in [0, 0.1) is 19.7 Å². The Balaban J connectivity index is 2.29. The standard InChI is InChI=1S/C17H16ClFN2/c1-11-3-5-13(6-4-11)21-16-9-12(2)14(19)10-15(16)20-17(21)7-8-18/h3-6,9-10H,7-8H2,1-2H3. The monoisotopic (exact) mass is 302 g/mol. The van der Waals surface area contributed by atoms with E-state index in [2.05, 4.69) is 28.6 Å². The van der Waals surface area contributed by atoms with Crippen molar-refractivity contribution in [3.63, 3.8) is 0 Å². The lowest BCUT2D eigenvalue weighted by atomic mass is 10.2. The van der Waals surface area contributed by atoms with E-state index in [-0.39, 0.29) is 5.82 Å². The van der Waals surface area contributed by atoms with Crippen LogP contribution in [0.1, 0.15) is 17.0 Å². The molecule has 0 amide bonds. The molecule has 108 valence electrons. The van der Waals surface area contributed by atoms with Crippen LogP contribution >= 0.6 is 11.6 Å². The first-order valence-electron chi connectivity index (χ1n) is 6.90. The lowest BCUT2D eigenvalue weighted by Gasteiger charge is -2.09. The summed E-state index contributed by atoms with van der Waals surface area (Å²) < 4.78 is 15.8. The fourth-order valence-electron chi connectivity index (χ4n) is 2.49. The van der Waals surface area contributed by atoms with Crippen molar-refractivity contribution in [2.75, 3.05) is 5.88 Å². The highest BCUT2D eigenvalue weighted by atomic mass is 35.5. The Hall–Kier alpha value is -1.87. The number of fused-ring (bicyclic) bond motifs is 1. The molecule has 2 aromatic carbocycles. The molecule has 2 nitrogen and oxygen atoms in total. The summed E-state index contributed by atoms with van der Waals surface area (Å²) in [6.07, 6.45) is 0.644. The zero-order valence-corrected chi connectivity index (χ0v) is 12.8. The molecule has 0 aliphatic rings. The van der Waals surface area contributed by atoms with Crippen LogP contribution in [-0.4, -0.2) is 15.4 Å². The molecule has 0 aliphatic carbocycles. The quantitative estimate of drug-likeness (QED) is 0.648. The molecule has 0 bridgehead atoms. The smallest absolute Gasteiger partial charge is 0.128 e. The van der Waals surface area contributed by atoms with Crippen LogP contribution in [0.4, 0.5) is 4.39 Å². The largest absolute Gasteiger partial charge is 0.296 e. The first-order valence-corrected chi connectivity index (χ1v) is 7.44. The Morgan fingerprint density at radius 2 is 1.86 bits per heavy atom. The molecule has 0 atom stereocenters. The van der Waals surface area contributed by atoms with Crippen LogP contribution in [0.3, 0.4) is 0 Å². The van der Waals surface area contributed by atoms with Crippen molar-refractivity contribution in [1.82, 2.24) is 9.55 Å². The topological polar surface area (TPSA) is 17.8 Å². The van der Waals surface area contributed by atoms with E-state index in [0.29, 0.717) is 23.4 Å². The van der Waals surface area contributed by atoms with Crippen molar-refractivity contribution in [2.45, 2.75) is 20.3 Å². The Labute approximate surface area is 128 Å². The summed E-state index contributed by atoms with van der Waals surface area (Å²) >= 11 is 5.88. The predicted molar refractivity (Wildman–Crippen MR) is 84.9 cm³/mol. The van der Waals surface area contributed by atoms with Gasteiger partial charge in [-0.25, -0.2) is 9.37 Å². The molecule has 0 fully saturated rings. The fraction of sp³-hybridized carbons (Fsp3) is 0.235. The molecule has 0 N–H and O–H groups in total. The zero-order valence-electron chi connectivity index (χ0n) is 12.0. The number of benzene rings is 2. The minimum Gasteiger partial charge on any atom is -0.296 e. The summed E-state index contributed by atoms with van der Waals surface area (Å²) in [6.45, 7) is 3.82. The Morgan fingerprint density at radius 1 is 1.14 bits per heavy atom. The van der Waals surface area contributed by atoms with Gasteiger partial charge in [-0.2, -0.15) is 0 Å². The molecule has 0 saturated heterocycles. The minimum absolute atomic E-state index is 0.228. The van der Waals surface area contributed by atoms with Crippen molar-refractivity contribution in [2.24, 2.45) is 0 Å². The summed E-state index contributed by atoms with van der Waals surface area (Å²) in [6, 6.07) is 11.5. The van der Waals surface area contributed by atoms with Crippen LogP contribution in [0.5, 0.6) is 0 Å². The van der Waals surface area contributed by atoms with Crippen LogP contribution in [0.15, 0.2) is 36.4 Å². The lowest BCUT2D eigenvalue weighted by Crippen LogP contribution is -2.02. The highest BCUT2D eigenvalue weighted by Crippen LogP contribution is 2.25. The third-order valence-electron chi connectivity index (χ3n) is 3.61. The van der Waals surface area contributed by atoms with Gasteiger partial charge in [-0.05, 0) is 37.6 Å². The SMILES string of the molecule is Cc1ccc(-n2c(CCCl)nc3cc(F)c(C)cc32)cc1. The first kappa shape index (κ1) is 14.1. The number of halogens is 2. The van der Waals surface area contributed by atoms with Gasteiger partial charge in [0.15, 0.2) is 0 Å². The predicted octanol–water partition coefficient (Wildman–Crippen LogP) is 4.56. The molecule has 3 rings (SSSR count). The molecular weight excluding hydrogens is 287 g/mol. The highest BCUT2D eigenvalue weighted by molar-refractivity contribution is 6.17. The Morgan fingerprint density at radius 3 is 2.52 bits per heavy atom. The van der Waals surface area contributed by atoms with Crippen LogP contribution in [0.2, 0.25) is 0 Å². The molecule has 0 radical (unpaired) electrons. The highest BCUT2D eigenvalue weighted by Gasteiger charge is 2.14. The van der Waals surface area contributed by atoms with Gasteiger partial charge in [-0.3, -0.25) is 4.57 Å². The number of hydrogen-bond acceptors (Lipinski definition) is 1. The lowest BCUT2D eigenvalue weighted by molar-refractivity contribution is 0.620. The third-order valence-corrected chi connectivity index (χ3v) is 3.80. The normalized spacial score (nSPS) is 11.2. The van der Waals surface area contributed by atoms with Gasteiger partial charge < -0.3 is 0 Å². The van der Waals surface area contributed by atoms with E-state index in [1.54, 1.807) is 6.92 Å². The molecular formula is C17H16ClFN2. The second kappa shape index (κ2) is 5.49. The van der Waals surface area contributed by atoms with Crippen molar-refractivity contribution in [1.29, 1.82) is 0 Å². The second-order valence-corrected chi connectivity index (χ2v) is 5.61. The van der Waals surface area contributed by atoms with E-state index in [1.807, 2.05) is 18.2 Å². The number of imidazole rings is 1. The second-order valence-electron chi connectivity index (χ2n) is 5.23. The summed E-state index contributed by atoms with van der Waals surface area (Å²) in [4.78, 5) is 4.54. The van der Waals surface area contributed by atoms with Gasteiger partial charge >= 0.3 is 0 Å². The molecule has 0 spiro atoms. The Bertz CT molecular complexity index is 791. The fourth-order valence-corrected chi connectivity index (χ4v) is 2.66. The number of aromatic nitrogens is 2. The zero-order chi connectivity index (χ0) is 15.0. The van der Waals surface area contributed by atoms with Crippen LogP contribution < -0.4 is 0 Å². The molecule has 1 heterocycles. The third kappa shape index (κ3) is 2.54. The number of aryl methyl sites for hydroxylation is 3. The van der Waals surface area contributed by atoms with Gasteiger partial charge in [-0.15, -0.1) is 11.6 Å². The summed E-state index contributed by atoms with van der Waals surface area (Å²) in [7, 11) is 0. The number of rotatable bonds is 3. The van der Waals surface area contributed by atoms with Crippen molar-refractivity contribution in [3.8, 4) is 5.69 Å². The molecule has 0 aliphatic heterocycles. The van der Waals surface area contributed by atoms with Crippen LogP contribution in [0.25, 0.3) is 16.7 Å². The maximum absolute atomic E-state index is 13.8. The van der Waals surface area contributed by atoms with Gasteiger partial charge in [0.2, 0.25) is 0 Å². The van der Waals surface area contributed by atoms with Gasteiger partial charge in [0, 0.05) is 24.1 Å². The van der Waals surface area contributed by atoms with Crippen LogP contribution in [-0.2, 0) is 6.42 Å². The maximum Gasteiger partial charge on any atom is 0.128 e. The summed E-state index contributed by atoms with van der Waals surface area (Å²) in [5.41, 5.74) is 4.42. The summed E-state index contributed by atoms with van der Waals surface area (Å²) in [5.74, 6) is 1.11. The molecule has 1 aromatic heterocycles. The molecule has 0 saturated carbocycles. The van der Waals surface area contributed by atoms with E-state index >= 15 is 0 Å². The van der Waals surface area contributed by atoms with E-state index in [1.165, 1.54) is 11.6 Å². The maximum atomic E-state index is 13.8. The van der Waals surface area contributed by atoms with Crippen molar-refractivity contribution in [3.05, 3.63) is 59.2 Å². The van der Waals surface area contributed by atoms with E-state index in [4.69, 9.17) is 11.6 Å². The van der Waals surface area contributed by atoms with Crippen molar-refractivity contribution < 1.29 is 4.39 Å². The average molecular weight is 303 g/mol. The van der Waals surface area contributed by atoms with E-state index in [9.17, 15) is 4.39 Å². The van der Waals surface area contributed by atoms with Gasteiger partial charge in [0.25, 0.3) is 0 Å². The van der Waals surface area contributed by atoms with Gasteiger partial charge in [-0.1, -0.05) is 17.7 Å². The first-order chi connectivity index (χ1) is 10.1. The molecule has 21 heavy (non-hydrogen) atoms. The number of hydrogen-bond donors (Lipinski definition) is 0. The van der Waals surface area contributed by atoms with E-state index < -0.39 is 0 Å². The molecule has 0 unspecified atom stereocenters. The van der Waals surface area contributed by atoms with Gasteiger partial charge in [0.1, 0.15) is 11.6 Å². The average Bonchev–Trinajstić information content (AvgIpc) is 2.78. The molecule has 3 aromatic rings. The van der Waals surface area contributed by atoms with Gasteiger partial charge in [0.05, 0.1) is 11.0 Å². The van der Waals surface area contributed by atoms with E-state index in [0.717, 1.165) is 17.0 Å². The summed E-state index contributed by atoms with van der Waals surface area (Å²) in [5, 5.41) is 0.